The lowest BCUT2D eigenvalue weighted by Gasteiger charge is -2.19. The van der Waals surface area contributed by atoms with E-state index in [0.29, 0.717) is 22.7 Å². The van der Waals surface area contributed by atoms with Crippen LogP contribution in [0.3, 0.4) is 0 Å². The Morgan fingerprint density at radius 1 is 1.00 bits per heavy atom. The standard InChI is InChI=1S/C23H15N3O4/c1-13-24-20-16(14-7-3-2-4-8-14)12-19(30-23(20)28-13)26-22(27)17-11-15-9-5-6-10-18(15)29-21(17)25-26/h2-12,16H,1H3. The molecule has 6 rings (SSSR count). The Hall–Kier alpha value is -4.13. The van der Waals surface area contributed by atoms with Gasteiger partial charge in [0.05, 0.1) is 5.92 Å². The minimum absolute atomic E-state index is 0.231. The zero-order valence-electron chi connectivity index (χ0n) is 15.9. The quantitative estimate of drug-likeness (QED) is 0.439. The molecule has 3 aromatic rings. The van der Waals surface area contributed by atoms with Crippen LogP contribution in [-0.2, 0) is 0 Å². The molecule has 0 bridgehead atoms. The topological polar surface area (TPSA) is 83.3 Å². The van der Waals surface area contributed by atoms with Crippen molar-refractivity contribution in [2.75, 3.05) is 0 Å². The van der Waals surface area contributed by atoms with Gasteiger partial charge < -0.3 is 13.6 Å². The van der Waals surface area contributed by atoms with Crippen LogP contribution in [0.15, 0.2) is 80.4 Å². The average molecular weight is 397 g/mol. The van der Waals surface area contributed by atoms with Crippen LogP contribution in [0.5, 0.6) is 5.95 Å². The number of aromatic nitrogens is 3. The van der Waals surface area contributed by atoms with Crippen LogP contribution in [0, 0.1) is 6.92 Å². The fraction of sp³-hybridized carbons (Fsp3) is 0.0870. The van der Waals surface area contributed by atoms with E-state index in [1.807, 2.05) is 60.7 Å². The Bertz CT molecular complexity index is 1460. The Balaban J connectivity index is 1.55. The third kappa shape index (κ3) is 2.49. The van der Waals surface area contributed by atoms with Crippen LogP contribution in [-0.4, -0.2) is 14.8 Å². The van der Waals surface area contributed by atoms with Gasteiger partial charge in [-0.25, -0.2) is 4.98 Å². The van der Waals surface area contributed by atoms with E-state index in [1.165, 1.54) is 4.68 Å². The van der Waals surface area contributed by atoms with Gasteiger partial charge in [0.25, 0.3) is 5.56 Å². The molecule has 3 aliphatic rings. The Labute approximate surface area is 170 Å². The maximum Gasteiger partial charge on any atom is 0.316 e. The predicted octanol–water partition coefficient (Wildman–Crippen LogP) is 4.41. The summed E-state index contributed by atoms with van der Waals surface area (Å²) in [6.07, 6.45) is 1.83. The summed E-state index contributed by atoms with van der Waals surface area (Å²) in [5, 5.41) is 5.21. The van der Waals surface area contributed by atoms with Crippen molar-refractivity contribution < 1.29 is 13.6 Å². The summed E-state index contributed by atoms with van der Waals surface area (Å²) in [7, 11) is 0. The van der Waals surface area contributed by atoms with Gasteiger partial charge in [0.15, 0.2) is 5.89 Å². The van der Waals surface area contributed by atoms with Gasteiger partial charge in [-0.3, -0.25) is 4.79 Å². The van der Waals surface area contributed by atoms with Gasteiger partial charge in [0.1, 0.15) is 16.8 Å². The first-order valence-corrected chi connectivity index (χ1v) is 9.51. The Kier molecular flexibility index (Phi) is 3.46. The lowest BCUT2D eigenvalue weighted by atomic mass is 9.95. The lowest BCUT2D eigenvalue weighted by molar-refractivity contribution is 0.322. The van der Waals surface area contributed by atoms with E-state index >= 15 is 0 Å². The van der Waals surface area contributed by atoms with Gasteiger partial charge in [-0.1, -0.05) is 48.5 Å². The number of hydrogen-bond acceptors (Lipinski definition) is 6. The lowest BCUT2D eigenvalue weighted by Crippen LogP contribution is -2.22. The van der Waals surface area contributed by atoms with Crippen LogP contribution in [0.4, 0.5) is 0 Å². The maximum atomic E-state index is 13.1. The highest BCUT2D eigenvalue weighted by Crippen LogP contribution is 2.39. The minimum atomic E-state index is -0.322. The molecule has 7 nitrogen and oxygen atoms in total. The van der Waals surface area contributed by atoms with Crippen molar-refractivity contribution in [3.05, 3.63) is 94.2 Å². The molecule has 1 atom stereocenters. The van der Waals surface area contributed by atoms with E-state index < -0.39 is 0 Å². The number of rotatable bonds is 2. The van der Waals surface area contributed by atoms with E-state index in [4.69, 9.17) is 13.6 Å². The number of hydrogen-bond donors (Lipinski definition) is 0. The third-order valence-corrected chi connectivity index (χ3v) is 5.17. The van der Waals surface area contributed by atoms with Gasteiger partial charge >= 0.3 is 5.95 Å². The van der Waals surface area contributed by atoms with Crippen molar-refractivity contribution in [2.45, 2.75) is 12.8 Å². The molecule has 0 aliphatic carbocycles. The first kappa shape index (κ1) is 16.8. The molecule has 0 saturated carbocycles. The molecule has 0 radical (unpaired) electrons. The molecule has 30 heavy (non-hydrogen) atoms. The fourth-order valence-corrected chi connectivity index (χ4v) is 3.77. The molecule has 0 N–H and O–H groups in total. The van der Waals surface area contributed by atoms with Crippen LogP contribution < -0.4 is 10.3 Å². The number of para-hydroxylation sites is 1. The molecule has 0 saturated heterocycles. The number of fused-ring (bicyclic) bond motifs is 3. The van der Waals surface area contributed by atoms with Crippen molar-refractivity contribution in [3.63, 3.8) is 0 Å². The SMILES string of the molecule is Cc1nc2c(o1)OC(n1nc3oc4ccccc4cc-3c1=O)=CC2c1ccccc1. The first-order chi connectivity index (χ1) is 14.7. The van der Waals surface area contributed by atoms with Crippen molar-refractivity contribution in [1.29, 1.82) is 0 Å². The second-order valence-electron chi connectivity index (χ2n) is 7.12. The van der Waals surface area contributed by atoms with Gasteiger partial charge in [-0.05, 0) is 23.8 Å². The van der Waals surface area contributed by atoms with E-state index in [2.05, 4.69) is 10.1 Å². The zero-order chi connectivity index (χ0) is 20.2. The average Bonchev–Trinajstić information content (AvgIpc) is 3.31. The predicted molar refractivity (Wildman–Crippen MR) is 109 cm³/mol. The molecule has 3 aliphatic heterocycles. The summed E-state index contributed by atoms with van der Waals surface area (Å²) in [4.78, 5) is 17.6. The smallest absolute Gasteiger partial charge is 0.316 e. The van der Waals surface area contributed by atoms with Gasteiger partial charge in [-0.2, -0.15) is 4.68 Å². The molecule has 7 heteroatoms. The number of nitrogens with zero attached hydrogens (tertiary/aromatic N) is 3. The van der Waals surface area contributed by atoms with Crippen LogP contribution in [0.25, 0.3) is 28.3 Å². The number of oxazole rings is 1. The summed E-state index contributed by atoms with van der Waals surface area (Å²) in [5.41, 5.74) is 2.39. The molecule has 146 valence electrons. The number of ether oxygens (including phenoxy) is 1. The van der Waals surface area contributed by atoms with Crippen LogP contribution >= 0.6 is 0 Å². The highest BCUT2D eigenvalue weighted by molar-refractivity contribution is 5.81. The highest BCUT2D eigenvalue weighted by Gasteiger charge is 2.32. The van der Waals surface area contributed by atoms with Gasteiger partial charge in [0.2, 0.25) is 11.8 Å². The second-order valence-corrected chi connectivity index (χ2v) is 7.12. The monoisotopic (exact) mass is 397 g/mol. The van der Waals surface area contributed by atoms with E-state index in [-0.39, 0.29) is 29.2 Å². The van der Waals surface area contributed by atoms with Crippen LogP contribution in [0.1, 0.15) is 23.1 Å². The van der Waals surface area contributed by atoms with Gasteiger partial charge in [-0.15, -0.1) is 5.10 Å². The maximum absolute atomic E-state index is 13.1. The molecule has 0 amide bonds. The molecule has 1 unspecified atom stereocenters. The molecule has 0 spiro atoms. The Morgan fingerprint density at radius 3 is 2.67 bits per heavy atom. The first-order valence-electron chi connectivity index (χ1n) is 9.51. The van der Waals surface area contributed by atoms with E-state index in [0.717, 1.165) is 10.9 Å². The summed E-state index contributed by atoms with van der Waals surface area (Å²) in [5.74, 6) is 1.03. The summed E-state index contributed by atoms with van der Waals surface area (Å²) >= 11 is 0. The Morgan fingerprint density at radius 2 is 1.80 bits per heavy atom. The van der Waals surface area contributed by atoms with Crippen molar-refractivity contribution in [2.24, 2.45) is 0 Å². The summed E-state index contributed by atoms with van der Waals surface area (Å²) in [6, 6.07) is 19.1. The molecular formula is C23H15N3O4. The number of allylic oxidation sites excluding steroid dienone is 1. The van der Waals surface area contributed by atoms with Crippen molar-refractivity contribution in [3.8, 4) is 17.4 Å². The molecular weight excluding hydrogens is 382 g/mol. The third-order valence-electron chi connectivity index (χ3n) is 5.17. The molecule has 1 aromatic heterocycles. The largest absolute Gasteiger partial charge is 0.436 e. The van der Waals surface area contributed by atoms with Crippen LogP contribution in [0.2, 0.25) is 0 Å². The normalized spacial score (nSPS) is 15.8. The molecule has 0 fully saturated rings. The second kappa shape index (κ2) is 6.18. The molecule has 2 aromatic carbocycles. The zero-order valence-corrected chi connectivity index (χ0v) is 15.9. The van der Waals surface area contributed by atoms with Crippen molar-refractivity contribution >= 4 is 16.9 Å². The van der Waals surface area contributed by atoms with Crippen molar-refractivity contribution in [1.82, 2.24) is 14.8 Å². The number of benzene rings is 2. The van der Waals surface area contributed by atoms with Gasteiger partial charge in [0, 0.05) is 12.3 Å². The minimum Gasteiger partial charge on any atom is -0.436 e. The fourth-order valence-electron chi connectivity index (χ4n) is 3.77. The summed E-state index contributed by atoms with van der Waals surface area (Å²) in [6.45, 7) is 1.76. The van der Waals surface area contributed by atoms with E-state index in [1.54, 1.807) is 13.0 Å². The van der Waals surface area contributed by atoms with E-state index in [9.17, 15) is 4.79 Å². The molecule has 4 heterocycles. The number of aryl methyl sites for hydroxylation is 1. The summed E-state index contributed by atoms with van der Waals surface area (Å²) < 4.78 is 18.6. The highest BCUT2D eigenvalue weighted by atomic mass is 16.6.